The van der Waals surface area contributed by atoms with Crippen molar-refractivity contribution in [1.29, 1.82) is 0 Å². The molecule has 0 atom stereocenters. The maximum absolute atomic E-state index is 13.4. The quantitative estimate of drug-likeness (QED) is 0.623. The fourth-order valence-electron chi connectivity index (χ4n) is 2.77. The van der Waals surface area contributed by atoms with Crippen LogP contribution in [-0.2, 0) is 16.6 Å². The van der Waals surface area contributed by atoms with Gasteiger partial charge in [0.25, 0.3) is 0 Å². The number of nitrogens with zero attached hydrogens (tertiary/aromatic N) is 1. The third-order valence-corrected chi connectivity index (χ3v) is 5.24. The van der Waals surface area contributed by atoms with Gasteiger partial charge in [-0.3, -0.25) is 4.79 Å². The molecule has 28 heavy (non-hydrogen) atoms. The summed E-state index contributed by atoms with van der Waals surface area (Å²) in [5.74, 6) is 0.123. The summed E-state index contributed by atoms with van der Waals surface area (Å²) in [5.41, 5.74) is 3.05. The zero-order valence-electron chi connectivity index (χ0n) is 16.4. The summed E-state index contributed by atoms with van der Waals surface area (Å²) in [4.78, 5) is 17.0. The Hall–Kier alpha value is -2.73. The van der Waals surface area contributed by atoms with E-state index < -0.39 is 0 Å². The van der Waals surface area contributed by atoms with E-state index in [-0.39, 0.29) is 23.6 Å². The van der Waals surface area contributed by atoms with Crippen LogP contribution < -0.4 is 10.1 Å². The average molecular weight is 399 g/mol. The summed E-state index contributed by atoms with van der Waals surface area (Å²) in [6.07, 6.45) is 0.134. The largest absolute Gasteiger partial charge is 0.495 e. The molecule has 0 bridgehead atoms. The Labute approximate surface area is 168 Å². The maximum Gasteiger partial charge on any atom is 0.230 e. The molecule has 1 amide bonds. The van der Waals surface area contributed by atoms with Gasteiger partial charge in [0.2, 0.25) is 5.91 Å². The lowest BCUT2D eigenvalue weighted by Crippen LogP contribution is -2.17. The normalized spacial score (nSPS) is 11.3. The first-order valence-corrected chi connectivity index (χ1v) is 9.83. The standard InChI is InChI=1S/C22H23FN2O2S/c1-22(2,3)15-8-9-19(27-4)18(11-15)25-20(26)12-17-13-28-21(24-17)14-6-5-7-16(23)10-14/h5-11,13H,12H2,1-4H3,(H,25,26). The Morgan fingerprint density at radius 2 is 2.00 bits per heavy atom. The molecule has 0 saturated carbocycles. The number of aromatic nitrogens is 1. The number of rotatable bonds is 5. The van der Waals surface area contributed by atoms with Crippen LogP contribution in [0.25, 0.3) is 10.6 Å². The first kappa shape index (κ1) is 20.0. The van der Waals surface area contributed by atoms with Gasteiger partial charge in [-0.05, 0) is 35.2 Å². The van der Waals surface area contributed by atoms with Crippen LogP contribution >= 0.6 is 11.3 Å². The first-order valence-electron chi connectivity index (χ1n) is 8.95. The summed E-state index contributed by atoms with van der Waals surface area (Å²) in [6, 6.07) is 12.1. The molecule has 146 valence electrons. The topological polar surface area (TPSA) is 51.2 Å². The Morgan fingerprint density at radius 1 is 1.21 bits per heavy atom. The fraction of sp³-hybridized carbons (Fsp3) is 0.273. The number of ether oxygens (including phenoxy) is 1. The van der Waals surface area contributed by atoms with E-state index in [1.165, 1.54) is 23.5 Å². The summed E-state index contributed by atoms with van der Waals surface area (Å²) in [5, 5.41) is 5.43. The van der Waals surface area contributed by atoms with E-state index in [0.717, 1.165) is 5.56 Å². The molecule has 3 aromatic rings. The number of nitrogens with one attached hydrogen (secondary N) is 1. The zero-order valence-corrected chi connectivity index (χ0v) is 17.2. The van der Waals surface area contributed by atoms with Crippen molar-refractivity contribution in [3.05, 3.63) is 64.9 Å². The van der Waals surface area contributed by atoms with E-state index in [1.807, 2.05) is 23.6 Å². The molecule has 0 spiro atoms. The van der Waals surface area contributed by atoms with Crippen molar-refractivity contribution in [2.75, 3.05) is 12.4 Å². The molecule has 0 aliphatic rings. The van der Waals surface area contributed by atoms with Gasteiger partial charge in [-0.1, -0.05) is 39.0 Å². The lowest BCUT2D eigenvalue weighted by atomic mass is 9.87. The third kappa shape index (κ3) is 4.75. The summed E-state index contributed by atoms with van der Waals surface area (Å²) in [7, 11) is 1.58. The minimum atomic E-state index is -0.308. The van der Waals surface area contributed by atoms with Gasteiger partial charge in [-0.2, -0.15) is 0 Å². The van der Waals surface area contributed by atoms with Crippen LogP contribution in [-0.4, -0.2) is 18.0 Å². The molecule has 0 saturated heterocycles. The van der Waals surface area contributed by atoms with Crippen molar-refractivity contribution in [2.24, 2.45) is 0 Å². The second-order valence-corrected chi connectivity index (χ2v) is 8.40. The van der Waals surface area contributed by atoms with Crippen LogP contribution in [0, 0.1) is 5.82 Å². The van der Waals surface area contributed by atoms with Crippen LogP contribution in [0.2, 0.25) is 0 Å². The summed E-state index contributed by atoms with van der Waals surface area (Å²) < 4.78 is 18.8. The number of carbonyl (C=O) groups excluding carboxylic acids is 1. The predicted octanol–water partition coefficient (Wildman–Crippen LogP) is 5.44. The van der Waals surface area contributed by atoms with Gasteiger partial charge in [0, 0.05) is 10.9 Å². The second kappa shape index (κ2) is 8.10. The van der Waals surface area contributed by atoms with Gasteiger partial charge in [0.1, 0.15) is 16.6 Å². The van der Waals surface area contributed by atoms with Crippen molar-refractivity contribution < 1.29 is 13.9 Å². The van der Waals surface area contributed by atoms with Crippen molar-refractivity contribution >= 4 is 22.9 Å². The van der Waals surface area contributed by atoms with Crippen LogP contribution in [0.4, 0.5) is 10.1 Å². The summed E-state index contributed by atoms with van der Waals surface area (Å²) >= 11 is 1.39. The second-order valence-electron chi connectivity index (χ2n) is 7.54. The van der Waals surface area contributed by atoms with E-state index in [4.69, 9.17) is 4.74 Å². The Morgan fingerprint density at radius 3 is 2.68 bits per heavy atom. The van der Waals surface area contributed by atoms with Crippen molar-refractivity contribution in [2.45, 2.75) is 32.6 Å². The zero-order chi connectivity index (χ0) is 20.3. The molecule has 0 unspecified atom stereocenters. The van der Waals surface area contributed by atoms with E-state index in [9.17, 15) is 9.18 Å². The van der Waals surface area contributed by atoms with Crippen LogP contribution in [0.3, 0.4) is 0 Å². The van der Waals surface area contributed by atoms with Crippen molar-refractivity contribution in [3.8, 4) is 16.3 Å². The molecule has 1 N–H and O–H groups in total. The Kier molecular flexibility index (Phi) is 5.79. The van der Waals surface area contributed by atoms with E-state index in [2.05, 4.69) is 31.1 Å². The molecule has 0 aliphatic carbocycles. The lowest BCUT2D eigenvalue weighted by molar-refractivity contribution is -0.115. The summed E-state index contributed by atoms with van der Waals surface area (Å²) in [6.45, 7) is 6.34. The molecule has 0 radical (unpaired) electrons. The number of thiazole rings is 1. The molecule has 2 aromatic carbocycles. The van der Waals surface area contributed by atoms with Crippen molar-refractivity contribution in [3.63, 3.8) is 0 Å². The smallest absolute Gasteiger partial charge is 0.230 e. The highest BCUT2D eigenvalue weighted by molar-refractivity contribution is 7.13. The molecule has 1 heterocycles. The highest BCUT2D eigenvalue weighted by atomic mass is 32.1. The van der Waals surface area contributed by atoms with Crippen LogP contribution in [0.1, 0.15) is 32.0 Å². The Balaban J connectivity index is 1.74. The predicted molar refractivity (Wildman–Crippen MR) is 112 cm³/mol. The van der Waals surface area contributed by atoms with Gasteiger partial charge in [-0.15, -0.1) is 11.3 Å². The van der Waals surface area contributed by atoms with Crippen LogP contribution in [0.15, 0.2) is 47.8 Å². The number of anilines is 1. The van der Waals surface area contributed by atoms with E-state index >= 15 is 0 Å². The number of hydrogen-bond donors (Lipinski definition) is 1. The fourth-order valence-corrected chi connectivity index (χ4v) is 3.59. The molecule has 6 heteroatoms. The highest BCUT2D eigenvalue weighted by Crippen LogP contribution is 2.31. The highest BCUT2D eigenvalue weighted by Gasteiger charge is 2.17. The van der Waals surface area contributed by atoms with Crippen molar-refractivity contribution in [1.82, 2.24) is 4.98 Å². The minimum Gasteiger partial charge on any atom is -0.495 e. The number of hydrogen-bond acceptors (Lipinski definition) is 4. The SMILES string of the molecule is COc1ccc(C(C)(C)C)cc1NC(=O)Cc1csc(-c2cccc(F)c2)n1. The molecular weight excluding hydrogens is 375 g/mol. The monoisotopic (exact) mass is 398 g/mol. The van der Waals surface area contributed by atoms with Gasteiger partial charge in [0.15, 0.2) is 0 Å². The number of amides is 1. The van der Waals surface area contributed by atoms with E-state index in [1.54, 1.807) is 19.2 Å². The third-order valence-electron chi connectivity index (χ3n) is 4.30. The van der Waals surface area contributed by atoms with Gasteiger partial charge >= 0.3 is 0 Å². The number of benzene rings is 2. The molecule has 0 fully saturated rings. The first-order chi connectivity index (χ1) is 13.3. The average Bonchev–Trinajstić information content (AvgIpc) is 3.09. The molecule has 3 rings (SSSR count). The Bertz CT molecular complexity index is 992. The van der Waals surface area contributed by atoms with E-state index in [0.29, 0.717) is 27.7 Å². The minimum absolute atomic E-state index is 0.0411. The number of carbonyl (C=O) groups is 1. The molecular formula is C22H23FN2O2S. The van der Waals surface area contributed by atoms with Crippen LogP contribution in [0.5, 0.6) is 5.75 Å². The van der Waals surface area contributed by atoms with Gasteiger partial charge in [-0.25, -0.2) is 9.37 Å². The maximum atomic E-state index is 13.4. The lowest BCUT2D eigenvalue weighted by Gasteiger charge is -2.21. The van der Waals surface area contributed by atoms with Gasteiger partial charge in [0.05, 0.1) is 24.9 Å². The number of halogens is 1. The molecule has 0 aliphatic heterocycles. The number of methoxy groups -OCH3 is 1. The molecule has 4 nitrogen and oxygen atoms in total. The van der Waals surface area contributed by atoms with Gasteiger partial charge < -0.3 is 10.1 Å². The molecule has 1 aromatic heterocycles.